The Hall–Kier alpha value is -2.31. The molecule has 0 unspecified atom stereocenters. The van der Waals surface area contributed by atoms with E-state index in [2.05, 4.69) is 10.2 Å². The maximum atomic E-state index is 11.7. The van der Waals surface area contributed by atoms with E-state index in [0.717, 1.165) is 11.4 Å². The normalized spacial score (nSPS) is 16.0. The molecule has 0 fully saturated rings. The summed E-state index contributed by atoms with van der Waals surface area (Å²) >= 11 is 0. The molecule has 7 heteroatoms. The molecule has 17 heavy (non-hydrogen) atoms. The first kappa shape index (κ1) is 11.2. The first-order chi connectivity index (χ1) is 8.00. The molecule has 1 aromatic heterocycles. The monoisotopic (exact) mass is 234 g/mol. The number of nitrogens with two attached hydrogens (primary N) is 2. The summed E-state index contributed by atoms with van der Waals surface area (Å²) in [5, 5.41) is 7.50. The smallest absolute Gasteiger partial charge is 0.328 e. The predicted octanol–water partition coefficient (Wildman–Crippen LogP) is -1.08. The van der Waals surface area contributed by atoms with Crippen LogP contribution in [0, 0.1) is 0 Å². The van der Waals surface area contributed by atoms with Gasteiger partial charge in [-0.3, -0.25) is 9.13 Å². The van der Waals surface area contributed by atoms with Crippen molar-refractivity contribution >= 4 is 17.7 Å². The Balaban J connectivity index is 2.44. The van der Waals surface area contributed by atoms with Gasteiger partial charge in [0.2, 0.25) is 5.96 Å². The van der Waals surface area contributed by atoms with Crippen molar-refractivity contribution in [2.75, 3.05) is 0 Å². The molecule has 90 valence electrons. The molecule has 2 rings (SSSR count). The lowest BCUT2D eigenvalue weighted by molar-refractivity contribution is 0.761. The summed E-state index contributed by atoms with van der Waals surface area (Å²) in [5.41, 5.74) is 12.9. The quantitative estimate of drug-likeness (QED) is 0.367. The lowest BCUT2D eigenvalue weighted by atomic mass is 10.1. The van der Waals surface area contributed by atoms with Crippen molar-refractivity contribution in [3.8, 4) is 0 Å². The number of nitrogens with zero attached hydrogens (tertiary/aromatic N) is 4. The van der Waals surface area contributed by atoms with Crippen molar-refractivity contribution in [2.45, 2.75) is 6.42 Å². The van der Waals surface area contributed by atoms with Gasteiger partial charge in [0.05, 0.1) is 17.1 Å². The van der Waals surface area contributed by atoms with E-state index in [1.807, 2.05) is 6.08 Å². The maximum Gasteiger partial charge on any atom is 0.328 e. The van der Waals surface area contributed by atoms with E-state index in [4.69, 9.17) is 11.5 Å². The summed E-state index contributed by atoms with van der Waals surface area (Å²) in [7, 11) is 3.47. The Morgan fingerprint density at radius 3 is 2.65 bits per heavy atom. The molecular weight excluding hydrogens is 220 g/mol. The van der Waals surface area contributed by atoms with Crippen LogP contribution < -0.4 is 17.2 Å². The second kappa shape index (κ2) is 3.93. The summed E-state index contributed by atoms with van der Waals surface area (Å²) in [6.45, 7) is 0. The number of rotatable bonds is 1. The zero-order valence-electron chi connectivity index (χ0n) is 9.71. The average Bonchev–Trinajstić information content (AvgIpc) is 2.52. The fourth-order valence-electron chi connectivity index (χ4n) is 1.82. The molecule has 7 nitrogen and oxygen atoms in total. The van der Waals surface area contributed by atoms with Gasteiger partial charge in [0.1, 0.15) is 0 Å². The lowest BCUT2D eigenvalue weighted by Gasteiger charge is -2.08. The molecule has 0 aliphatic heterocycles. The van der Waals surface area contributed by atoms with Gasteiger partial charge < -0.3 is 11.5 Å². The Kier molecular flexibility index (Phi) is 2.58. The summed E-state index contributed by atoms with van der Waals surface area (Å²) in [4.78, 5) is 11.7. The van der Waals surface area contributed by atoms with Crippen LogP contribution in [-0.2, 0) is 20.5 Å². The second-order valence-electron chi connectivity index (χ2n) is 3.86. The first-order valence-corrected chi connectivity index (χ1v) is 5.09. The Morgan fingerprint density at radius 2 is 2.00 bits per heavy atom. The van der Waals surface area contributed by atoms with Gasteiger partial charge in [0, 0.05) is 20.5 Å². The van der Waals surface area contributed by atoms with Crippen molar-refractivity contribution in [3.05, 3.63) is 27.9 Å². The molecule has 1 aromatic rings. The minimum Gasteiger partial charge on any atom is -0.369 e. The number of aromatic nitrogens is 2. The van der Waals surface area contributed by atoms with Gasteiger partial charge in [0.15, 0.2) is 0 Å². The zero-order valence-corrected chi connectivity index (χ0v) is 9.71. The Morgan fingerprint density at radius 1 is 1.29 bits per heavy atom. The van der Waals surface area contributed by atoms with E-state index in [1.165, 1.54) is 0 Å². The average molecular weight is 234 g/mol. The van der Waals surface area contributed by atoms with E-state index in [-0.39, 0.29) is 11.6 Å². The largest absolute Gasteiger partial charge is 0.369 e. The number of hydrogen-bond donors (Lipinski definition) is 2. The molecule has 0 spiro atoms. The molecule has 0 saturated heterocycles. The molecule has 4 N–H and O–H groups in total. The SMILES string of the molecule is Cn1c2c(n(C)c1=O)CC(=NN=C(N)N)C=C2. The van der Waals surface area contributed by atoms with Crippen LogP contribution in [0.25, 0.3) is 6.08 Å². The third kappa shape index (κ3) is 1.86. The summed E-state index contributed by atoms with van der Waals surface area (Å²) in [6.07, 6.45) is 4.17. The highest BCUT2D eigenvalue weighted by atomic mass is 16.1. The van der Waals surface area contributed by atoms with Crippen LogP contribution in [0.5, 0.6) is 0 Å². The summed E-state index contributed by atoms with van der Waals surface area (Å²) in [5.74, 6) is -0.0846. The van der Waals surface area contributed by atoms with Crippen LogP contribution in [-0.4, -0.2) is 20.8 Å². The van der Waals surface area contributed by atoms with Gasteiger partial charge in [-0.05, 0) is 12.2 Å². The van der Waals surface area contributed by atoms with Crippen molar-refractivity contribution in [1.29, 1.82) is 0 Å². The van der Waals surface area contributed by atoms with Gasteiger partial charge >= 0.3 is 5.69 Å². The Labute approximate surface area is 97.7 Å². The van der Waals surface area contributed by atoms with Gasteiger partial charge in [-0.1, -0.05) is 0 Å². The molecule has 0 bridgehead atoms. The summed E-state index contributed by atoms with van der Waals surface area (Å²) in [6, 6.07) is 0. The molecular formula is C10H14N6O. The van der Waals surface area contributed by atoms with Gasteiger partial charge in [-0.25, -0.2) is 4.79 Å². The molecule has 1 aliphatic carbocycles. The van der Waals surface area contributed by atoms with Crippen molar-refractivity contribution in [3.63, 3.8) is 0 Å². The number of imidazole rings is 1. The van der Waals surface area contributed by atoms with Crippen LogP contribution in [0.1, 0.15) is 11.4 Å². The molecule has 0 saturated carbocycles. The first-order valence-electron chi connectivity index (χ1n) is 5.09. The van der Waals surface area contributed by atoms with Crippen molar-refractivity contribution in [2.24, 2.45) is 35.8 Å². The third-order valence-corrected chi connectivity index (χ3v) is 2.71. The van der Waals surface area contributed by atoms with E-state index >= 15 is 0 Å². The van der Waals surface area contributed by atoms with E-state index < -0.39 is 0 Å². The highest BCUT2D eigenvalue weighted by Gasteiger charge is 2.18. The van der Waals surface area contributed by atoms with E-state index in [1.54, 1.807) is 29.3 Å². The fraction of sp³-hybridized carbons (Fsp3) is 0.300. The number of allylic oxidation sites excluding steroid dienone is 1. The topological polar surface area (TPSA) is 104 Å². The highest BCUT2D eigenvalue weighted by Crippen LogP contribution is 2.15. The maximum absolute atomic E-state index is 11.7. The Bertz CT molecular complexity index is 597. The zero-order chi connectivity index (χ0) is 12.6. The number of fused-ring (bicyclic) bond motifs is 1. The number of hydrogen-bond acceptors (Lipinski definition) is 3. The van der Waals surface area contributed by atoms with E-state index in [9.17, 15) is 4.79 Å². The molecule has 0 radical (unpaired) electrons. The second-order valence-corrected chi connectivity index (χ2v) is 3.86. The lowest BCUT2D eigenvalue weighted by Crippen LogP contribution is -2.22. The predicted molar refractivity (Wildman–Crippen MR) is 66.6 cm³/mol. The summed E-state index contributed by atoms with van der Waals surface area (Å²) < 4.78 is 3.20. The molecule has 0 aromatic carbocycles. The van der Waals surface area contributed by atoms with Gasteiger partial charge in [0.25, 0.3) is 0 Å². The van der Waals surface area contributed by atoms with Crippen LogP contribution >= 0.6 is 0 Å². The van der Waals surface area contributed by atoms with Crippen LogP contribution in [0.4, 0.5) is 0 Å². The minimum absolute atomic E-state index is 0.0530. The minimum atomic E-state index is -0.0846. The standard InChI is InChI=1S/C10H14N6O/c1-15-7-4-3-6(13-14-9(11)12)5-8(7)16(2)10(15)17/h3-4H,5H2,1-2H3,(H4,11,12,14). The van der Waals surface area contributed by atoms with Crippen LogP contribution in [0.2, 0.25) is 0 Å². The highest BCUT2D eigenvalue weighted by molar-refractivity contribution is 6.02. The fourth-order valence-corrected chi connectivity index (χ4v) is 1.82. The number of guanidine groups is 1. The van der Waals surface area contributed by atoms with Crippen LogP contribution in [0.3, 0.4) is 0 Å². The van der Waals surface area contributed by atoms with Crippen molar-refractivity contribution in [1.82, 2.24) is 9.13 Å². The molecule has 0 amide bonds. The van der Waals surface area contributed by atoms with E-state index in [0.29, 0.717) is 12.1 Å². The van der Waals surface area contributed by atoms with Gasteiger partial charge in [-0.2, -0.15) is 5.10 Å². The van der Waals surface area contributed by atoms with Gasteiger partial charge in [-0.15, -0.1) is 5.10 Å². The third-order valence-electron chi connectivity index (χ3n) is 2.71. The molecule has 1 aliphatic rings. The van der Waals surface area contributed by atoms with Crippen molar-refractivity contribution < 1.29 is 0 Å². The van der Waals surface area contributed by atoms with Crippen LogP contribution in [0.15, 0.2) is 21.1 Å². The molecule has 0 atom stereocenters. The molecule has 1 heterocycles.